The first-order chi connectivity index (χ1) is 12.1. The molecule has 0 aliphatic carbocycles. The Morgan fingerprint density at radius 2 is 1.36 bits per heavy atom. The maximum absolute atomic E-state index is 13.4. The van der Waals surface area contributed by atoms with Gasteiger partial charge in [-0.05, 0) is 59.1 Å². The van der Waals surface area contributed by atoms with Gasteiger partial charge in [0.15, 0.2) is 0 Å². The second kappa shape index (κ2) is 10.1. The topological polar surface area (TPSA) is 0 Å². The van der Waals surface area contributed by atoms with Crippen molar-refractivity contribution in [1.29, 1.82) is 0 Å². The van der Waals surface area contributed by atoms with E-state index in [1.807, 2.05) is 6.07 Å². The summed E-state index contributed by atoms with van der Waals surface area (Å²) in [6, 6.07) is 9.95. The molecule has 0 spiro atoms. The highest BCUT2D eigenvalue weighted by molar-refractivity contribution is 9.10. The fourth-order valence-corrected chi connectivity index (χ4v) is 2.42. The largest absolute Gasteiger partial charge is 0.208 e. The minimum Gasteiger partial charge on any atom is -0.208 e. The molecule has 0 unspecified atom stereocenters. The lowest BCUT2D eigenvalue weighted by molar-refractivity contribution is 0.620. The van der Waals surface area contributed by atoms with Crippen molar-refractivity contribution in [2.24, 2.45) is 0 Å². The second-order valence-electron chi connectivity index (χ2n) is 5.76. The van der Waals surface area contributed by atoms with E-state index in [1.54, 1.807) is 26.0 Å². The van der Waals surface area contributed by atoms with Gasteiger partial charge in [0.1, 0.15) is 19.5 Å². The molecule has 0 radical (unpaired) electrons. The number of unbranched alkanes of at least 4 members (excludes halogenated alkanes) is 4. The molecule has 0 saturated heterocycles. The summed E-state index contributed by atoms with van der Waals surface area (Å²) < 4.78 is 27.2. The molecule has 0 amide bonds. The van der Waals surface area contributed by atoms with Gasteiger partial charge in [-0.2, -0.15) is 0 Å². The fourth-order valence-electron chi connectivity index (χ4n) is 2.18. The van der Waals surface area contributed by atoms with Gasteiger partial charge in [0, 0.05) is 24.0 Å². The molecule has 2 aromatic rings. The van der Waals surface area contributed by atoms with Gasteiger partial charge in [-0.1, -0.05) is 41.6 Å². The van der Waals surface area contributed by atoms with Gasteiger partial charge in [-0.3, -0.25) is 0 Å². The van der Waals surface area contributed by atoms with Gasteiger partial charge in [0.05, 0.1) is 4.47 Å². The number of halogens is 3. The molecule has 0 nitrogen and oxygen atoms in total. The van der Waals surface area contributed by atoms with Crippen LogP contribution in [0.2, 0.25) is 0 Å². The van der Waals surface area contributed by atoms with E-state index in [4.69, 9.17) is 0 Å². The summed E-state index contributed by atoms with van der Waals surface area (Å²) >= 11 is 3.12. The maximum atomic E-state index is 13.4. The summed E-state index contributed by atoms with van der Waals surface area (Å²) in [5.41, 5.74) is 2.05. The van der Waals surface area contributed by atoms with Gasteiger partial charge < -0.3 is 0 Å². The molecule has 2 rings (SSSR count). The summed E-state index contributed by atoms with van der Waals surface area (Å²) in [5, 5.41) is 0. The SMILES string of the molecule is Bc1ccc(C#CCCCCCC#Cc2ccc(Br)c(F)c2)cc1F. The van der Waals surface area contributed by atoms with E-state index in [2.05, 4.69) is 39.6 Å². The van der Waals surface area contributed by atoms with Crippen molar-refractivity contribution >= 4 is 29.2 Å². The quantitative estimate of drug-likeness (QED) is 0.408. The average molecular weight is 399 g/mol. The zero-order valence-electron chi connectivity index (χ0n) is 14.1. The molecule has 0 aromatic heterocycles. The highest BCUT2D eigenvalue weighted by Crippen LogP contribution is 2.15. The third kappa shape index (κ3) is 6.77. The van der Waals surface area contributed by atoms with Crippen molar-refractivity contribution in [2.75, 3.05) is 0 Å². The summed E-state index contributed by atoms with van der Waals surface area (Å²) in [4.78, 5) is 0. The van der Waals surface area contributed by atoms with E-state index in [9.17, 15) is 8.78 Å². The predicted molar refractivity (Wildman–Crippen MR) is 106 cm³/mol. The number of hydrogen-bond acceptors (Lipinski definition) is 0. The molecule has 25 heavy (non-hydrogen) atoms. The zero-order chi connectivity index (χ0) is 18.1. The van der Waals surface area contributed by atoms with Crippen LogP contribution < -0.4 is 5.46 Å². The van der Waals surface area contributed by atoms with E-state index in [0.29, 0.717) is 15.5 Å². The summed E-state index contributed by atoms with van der Waals surface area (Å²) in [7, 11) is 1.74. The lowest BCUT2D eigenvalue weighted by Gasteiger charge is -1.96. The van der Waals surface area contributed by atoms with Crippen LogP contribution in [0.25, 0.3) is 0 Å². The Hall–Kier alpha value is -2.04. The average Bonchev–Trinajstić information content (AvgIpc) is 2.59. The third-order valence-electron chi connectivity index (χ3n) is 3.66. The Morgan fingerprint density at radius 1 is 0.800 bits per heavy atom. The van der Waals surface area contributed by atoms with Gasteiger partial charge in [-0.25, -0.2) is 8.78 Å². The smallest absolute Gasteiger partial charge is 0.143 e. The Labute approximate surface area is 157 Å². The maximum Gasteiger partial charge on any atom is 0.143 e. The van der Waals surface area contributed by atoms with Crippen LogP contribution >= 0.6 is 15.9 Å². The summed E-state index contributed by atoms with van der Waals surface area (Å²) in [5.74, 6) is 11.6. The second-order valence-corrected chi connectivity index (χ2v) is 6.61. The molecule has 0 fully saturated rings. The van der Waals surface area contributed by atoms with E-state index in [1.165, 1.54) is 12.1 Å². The van der Waals surface area contributed by atoms with Crippen LogP contribution in [0.4, 0.5) is 8.78 Å². The van der Waals surface area contributed by atoms with Crippen molar-refractivity contribution in [2.45, 2.75) is 32.1 Å². The molecule has 0 atom stereocenters. The minimum absolute atomic E-state index is 0.212. The molecular formula is C21H18BBrF2. The van der Waals surface area contributed by atoms with Gasteiger partial charge in [0.25, 0.3) is 0 Å². The number of rotatable bonds is 4. The predicted octanol–water partition coefficient (Wildman–Crippen LogP) is 4.34. The lowest BCUT2D eigenvalue weighted by atomic mass is 9.94. The van der Waals surface area contributed by atoms with Crippen LogP contribution in [0.3, 0.4) is 0 Å². The molecule has 0 heterocycles. The van der Waals surface area contributed by atoms with E-state index >= 15 is 0 Å². The van der Waals surface area contributed by atoms with Crippen molar-refractivity contribution < 1.29 is 8.78 Å². The fraction of sp³-hybridized carbons (Fsp3) is 0.238. The van der Waals surface area contributed by atoms with Crippen LogP contribution in [-0.2, 0) is 0 Å². The van der Waals surface area contributed by atoms with E-state index in [0.717, 1.165) is 37.7 Å². The Bertz CT molecular complexity index is 782. The lowest BCUT2D eigenvalue weighted by Crippen LogP contribution is -2.07. The normalized spacial score (nSPS) is 9.72. The first-order valence-corrected chi connectivity index (χ1v) is 9.04. The molecule has 126 valence electrons. The molecule has 0 aliphatic heterocycles. The molecule has 0 saturated carbocycles. The molecule has 4 heteroatoms. The Balaban J connectivity index is 1.66. The molecule has 0 N–H and O–H groups in total. The summed E-state index contributed by atoms with van der Waals surface area (Å²) in [6.45, 7) is 0. The van der Waals surface area contributed by atoms with Gasteiger partial charge in [0.2, 0.25) is 0 Å². The van der Waals surface area contributed by atoms with Crippen molar-refractivity contribution in [3.63, 3.8) is 0 Å². The van der Waals surface area contributed by atoms with Gasteiger partial charge >= 0.3 is 0 Å². The van der Waals surface area contributed by atoms with Gasteiger partial charge in [-0.15, -0.1) is 0 Å². The third-order valence-corrected chi connectivity index (χ3v) is 4.30. The van der Waals surface area contributed by atoms with E-state index < -0.39 is 0 Å². The highest BCUT2D eigenvalue weighted by atomic mass is 79.9. The highest BCUT2D eigenvalue weighted by Gasteiger charge is 1.98. The number of hydrogen-bond donors (Lipinski definition) is 0. The van der Waals surface area contributed by atoms with Crippen molar-refractivity contribution in [3.8, 4) is 23.7 Å². The van der Waals surface area contributed by atoms with Crippen LogP contribution in [0.1, 0.15) is 43.2 Å². The molecular weight excluding hydrogens is 381 g/mol. The van der Waals surface area contributed by atoms with Crippen LogP contribution in [0.15, 0.2) is 40.9 Å². The molecule has 0 aliphatic rings. The van der Waals surface area contributed by atoms with Crippen molar-refractivity contribution in [3.05, 3.63) is 63.6 Å². The number of benzene rings is 2. The first kappa shape index (κ1) is 19.3. The van der Waals surface area contributed by atoms with Crippen LogP contribution in [-0.4, -0.2) is 7.85 Å². The summed E-state index contributed by atoms with van der Waals surface area (Å²) in [6.07, 6.45) is 4.61. The Morgan fingerprint density at radius 3 is 1.92 bits per heavy atom. The standard InChI is InChI=1S/C21H18BBrF2/c22-18-12-10-16(14-20(18)24)8-6-4-2-1-3-5-7-9-17-11-13-19(23)21(25)15-17/h10-15H,1-5,22H2. The first-order valence-electron chi connectivity index (χ1n) is 8.25. The molecule has 0 bridgehead atoms. The van der Waals surface area contributed by atoms with Crippen LogP contribution in [0.5, 0.6) is 0 Å². The molecule has 2 aromatic carbocycles. The zero-order valence-corrected chi connectivity index (χ0v) is 15.7. The van der Waals surface area contributed by atoms with E-state index in [-0.39, 0.29) is 11.6 Å². The minimum atomic E-state index is -0.293. The van der Waals surface area contributed by atoms with Crippen LogP contribution in [0, 0.1) is 35.3 Å². The monoisotopic (exact) mass is 398 g/mol. The Kier molecular flexibility index (Phi) is 7.77. The van der Waals surface area contributed by atoms with Crippen molar-refractivity contribution in [1.82, 2.24) is 0 Å².